The summed E-state index contributed by atoms with van der Waals surface area (Å²) in [5, 5.41) is 4.30. The molecule has 1 aromatic rings. The van der Waals surface area contributed by atoms with Crippen LogP contribution in [0.2, 0.25) is 5.02 Å². The van der Waals surface area contributed by atoms with Gasteiger partial charge in [-0.15, -0.1) is 0 Å². The maximum atomic E-state index is 6.09. The van der Waals surface area contributed by atoms with Gasteiger partial charge < -0.3 is 5.32 Å². The highest BCUT2D eigenvalue weighted by Crippen LogP contribution is 2.35. The summed E-state index contributed by atoms with van der Waals surface area (Å²) in [5.41, 5.74) is 1.31. The third-order valence-electron chi connectivity index (χ3n) is 4.50. The third kappa shape index (κ3) is 3.50. The van der Waals surface area contributed by atoms with E-state index in [1.807, 2.05) is 12.1 Å². The van der Waals surface area contributed by atoms with E-state index in [9.17, 15) is 0 Å². The molecule has 1 aromatic carbocycles. The summed E-state index contributed by atoms with van der Waals surface area (Å²) in [6.07, 6.45) is 2.67. The van der Waals surface area contributed by atoms with E-state index in [-0.39, 0.29) is 0 Å². The Balaban J connectivity index is 1.97. The fraction of sp³-hybridized carbons (Fsp3) is 0.625. The standard InChI is InChI=1S/C16H25ClN2/c1-4-18-11-14-8-9-16(14)19(3)12(2)13-6-5-7-15(17)10-13/h5-7,10,12,14,16,18H,4,8-9,11H2,1-3H3. The second kappa shape index (κ2) is 6.74. The van der Waals surface area contributed by atoms with Crippen LogP contribution in [0.3, 0.4) is 0 Å². The van der Waals surface area contributed by atoms with Gasteiger partial charge in [0.2, 0.25) is 0 Å². The van der Waals surface area contributed by atoms with Crippen LogP contribution in [0.4, 0.5) is 0 Å². The Morgan fingerprint density at radius 2 is 2.21 bits per heavy atom. The maximum absolute atomic E-state index is 6.09. The average Bonchev–Trinajstić information content (AvgIpc) is 2.37. The first-order valence-corrected chi connectivity index (χ1v) is 7.69. The Bertz CT molecular complexity index is 407. The molecule has 3 heteroatoms. The van der Waals surface area contributed by atoms with Crippen LogP contribution in [0.1, 0.15) is 38.3 Å². The van der Waals surface area contributed by atoms with Crippen molar-refractivity contribution in [3.8, 4) is 0 Å². The van der Waals surface area contributed by atoms with E-state index in [2.05, 4.69) is 43.2 Å². The minimum absolute atomic E-state index is 0.424. The predicted molar refractivity (Wildman–Crippen MR) is 82.7 cm³/mol. The Kier molecular flexibility index (Phi) is 5.26. The quantitative estimate of drug-likeness (QED) is 0.854. The van der Waals surface area contributed by atoms with Crippen LogP contribution in [0, 0.1) is 5.92 Å². The molecular formula is C16H25ClN2. The molecule has 1 fully saturated rings. The normalized spacial score (nSPS) is 24.3. The Labute approximate surface area is 122 Å². The molecule has 0 bridgehead atoms. The minimum atomic E-state index is 0.424. The zero-order valence-electron chi connectivity index (χ0n) is 12.2. The molecule has 3 atom stereocenters. The Morgan fingerprint density at radius 3 is 2.79 bits per heavy atom. The topological polar surface area (TPSA) is 15.3 Å². The zero-order chi connectivity index (χ0) is 13.8. The summed E-state index contributed by atoms with van der Waals surface area (Å²) in [4.78, 5) is 2.51. The van der Waals surface area contributed by atoms with Gasteiger partial charge in [-0.25, -0.2) is 0 Å². The number of benzene rings is 1. The first-order chi connectivity index (χ1) is 9.13. The van der Waals surface area contributed by atoms with E-state index < -0.39 is 0 Å². The minimum Gasteiger partial charge on any atom is -0.317 e. The van der Waals surface area contributed by atoms with Gasteiger partial charge in [0.25, 0.3) is 0 Å². The summed E-state index contributed by atoms with van der Waals surface area (Å²) >= 11 is 6.09. The predicted octanol–water partition coefficient (Wildman–Crippen LogP) is 3.72. The highest BCUT2D eigenvalue weighted by Gasteiger charge is 2.35. The number of hydrogen-bond donors (Lipinski definition) is 1. The fourth-order valence-corrected chi connectivity index (χ4v) is 3.14. The van der Waals surface area contributed by atoms with Crippen molar-refractivity contribution >= 4 is 11.6 Å². The van der Waals surface area contributed by atoms with Crippen LogP contribution in [-0.4, -0.2) is 31.1 Å². The molecule has 0 saturated heterocycles. The van der Waals surface area contributed by atoms with Crippen molar-refractivity contribution in [2.45, 2.75) is 38.8 Å². The van der Waals surface area contributed by atoms with Gasteiger partial charge in [0.1, 0.15) is 0 Å². The summed E-state index contributed by atoms with van der Waals surface area (Å²) < 4.78 is 0. The largest absolute Gasteiger partial charge is 0.317 e. The lowest BCUT2D eigenvalue weighted by Crippen LogP contribution is -2.49. The second-order valence-electron chi connectivity index (χ2n) is 5.61. The highest BCUT2D eigenvalue weighted by molar-refractivity contribution is 6.30. The van der Waals surface area contributed by atoms with Gasteiger partial charge in [-0.3, -0.25) is 4.90 Å². The molecule has 0 aromatic heterocycles. The number of nitrogens with one attached hydrogen (secondary N) is 1. The van der Waals surface area contributed by atoms with E-state index >= 15 is 0 Å². The van der Waals surface area contributed by atoms with Gasteiger partial charge in [0, 0.05) is 17.1 Å². The first-order valence-electron chi connectivity index (χ1n) is 7.31. The van der Waals surface area contributed by atoms with Crippen molar-refractivity contribution in [3.63, 3.8) is 0 Å². The van der Waals surface area contributed by atoms with E-state index in [0.717, 1.165) is 24.0 Å². The molecule has 1 N–H and O–H groups in total. The molecule has 106 valence electrons. The SMILES string of the molecule is CCNCC1CCC1N(C)C(C)c1cccc(Cl)c1. The molecule has 0 amide bonds. The van der Waals surface area contributed by atoms with Crippen molar-refractivity contribution in [2.75, 3.05) is 20.1 Å². The molecule has 19 heavy (non-hydrogen) atoms. The maximum Gasteiger partial charge on any atom is 0.0409 e. The molecule has 2 rings (SSSR count). The van der Waals surface area contributed by atoms with Crippen LogP contribution in [0.5, 0.6) is 0 Å². The molecule has 2 nitrogen and oxygen atoms in total. The van der Waals surface area contributed by atoms with Gasteiger partial charge in [0.05, 0.1) is 0 Å². The molecule has 0 aliphatic heterocycles. The molecule has 0 radical (unpaired) electrons. The van der Waals surface area contributed by atoms with Gasteiger partial charge in [-0.2, -0.15) is 0 Å². The van der Waals surface area contributed by atoms with E-state index in [0.29, 0.717) is 12.1 Å². The fourth-order valence-electron chi connectivity index (χ4n) is 2.94. The monoisotopic (exact) mass is 280 g/mol. The van der Waals surface area contributed by atoms with E-state index in [1.165, 1.54) is 18.4 Å². The van der Waals surface area contributed by atoms with Crippen LogP contribution in [0.25, 0.3) is 0 Å². The Morgan fingerprint density at radius 1 is 1.42 bits per heavy atom. The molecule has 0 heterocycles. The van der Waals surface area contributed by atoms with Crippen molar-refractivity contribution < 1.29 is 0 Å². The summed E-state index contributed by atoms with van der Waals surface area (Å²) in [7, 11) is 2.24. The molecule has 1 aliphatic rings. The first kappa shape index (κ1) is 14.8. The van der Waals surface area contributed by atoms with Crippen molar-refractivity contribution in [1.82, 2.24) is 10.2 Å². The molecule has 1 aliphatic carbocycles. The van der Waals surface area contributed by atoms with E-state index in [4.69, 9.17) is 11.6 Å². The number of hydrogen-bond acceptors (Lipinski definition) is 2. The van der Waals surface area contributed by atoms with Crippen LogP contribution >= 0.6 is 11.6 Å². The lowest BCUT2D eigenvalue weighted by Gasteiger charge is -2.45. The lowest BCUT2D eigenvalue weighted by molar-refractivity contribution is 0.0552. The van der Waals surface area contributed by atoms with Crippen LogP contribution in [0.15, 0.2) is 24.3 Å². The van der Waals surface area contributed by atoms with Gasteiger partial charge in [0.15, 0.2) is 0 Å². The van der Waals surface area contributed by atoms with Crippen LogP contribution in [-0.2, 0) is 0 Å². The smallest absolute Gasteiger partial charge is 0.0409 e. The summed E-state index contributed by atoms with van der Waals surface area (Å²) in [6.45, 7) is 6.66. The molecule has 1 saturated carbocycles. The van der Waals surface area contributed by atoms with Crippen LogP contribution < -0.4 is 5.32 Å². The summed E-state index contributed by atoms with van der Waals surface area (Å²) in [6, 6.07) is 9.36. The highest BCUT2D eigenvalue weighted by atomic mass is 35.5. The summed E-state index contributed by atoms with van der Waals surface area (Å²) in [5.74, 6) is 0.798. The molecule has 3 unspecified atom stereocenters. The number of nitrogens with zero attached hydrogens (tertiary/aromatic N) is 1. The van der Waals surface area contributed by atoms with Gasteiger partial charge >= 0.3 is 0 Å². The van der Waals surface area contributed by atoms with Gasteiger partial charge in [-0.05, 0) is 63.5 Å². The van der Waals surface area contributed by atoms with Crippen molar-refractivity contribution in [3.05, 3.63) is 34.9 Å². The van der Waals surface area contributed by atoms with Crippen molar-refractivity contribution in [2.24, 2.45) is 5.92 Å². The molecule has 0 spiro atoms. The molecular weight excluding hydrogens is 256 g/mol. The van der Waals surface area contributed by atoms with Crippen molar-refractivity contribution in [1.29, 1.82) is 0 Å². The average molecular weight is 281 g/mol. The number of halogens is 1. The second-order valence-corrected chi connectivity index (χ2v) is 6.05. The zero-order valence-corrected chi connectivity index (χ0v) is 13.0. The lowest BCUT2D eigenvalue weighted by atomic mass is 9.77. The van der Waals surface area contributed by atoms with Gasteiger partial charge in [-0.1, -0.05) is 30.7 Å². The number of rotatable bonds is 6. The third-order valence-corrected chi connectivity index (χ3v) is 4.73. The van der Waals surface area contributed by atoms with E-state index in [1.54, 1.807) is 0 Å². The Hall–Kier alpha value is -0.570.